The number of urea groups is 1. The molecule has 8 heteroatoms. The van der Waals surface area contributed by atoms with Crippen molar-refractivity contribution in [2.45, 2.75) is 135 Å². The highest BCUT2D eigenvalue weighted by Crippen LogP contribution is 2.18. The van der Waals surface area contributed by atoms with E-state index in [-0.39, 0.29) is 18.0 Å². The number of likely N-dealkylation sites (N-methyl/N-ethyl adjacent to an activating group) is 2. The maximum absolute atomic E-state index is 12.8. The van der Waals surface area contributed by atoms with E-state index in [0.29, 0.717) is 18.9 Å². The highest BCUT2D eigenvalue weighted by Gasteiger charge is 2.50. The van der Waals surface area contributed by atoms with E-state index in [0.717, 1.165) is 51.5 Å². The second-order valence-electron chi connectivity index (χ2n) is 11.3. The molecule has 0 saturated carbocycles. The van der Waals surface area contributed by atoms with E-state index in [4.69, 9.17) is 0 Å². The van der Waals surface area contributed by atoms with E-state index in [2.05, 4.69) is 17.2 Å². The molecule has 0 radical (unpaired) electrons. The molecule has 2 unspecified atom stereocenters. The monoisotopic (exact) mass is 534 g/mol. The Morgan fingerprint density at radius 3 is 2.08 bits per heavy atom. The number of hydrogen-bond donors (Lipinski definition) is 2. The standard InChI is InChI=1S/C30H56N5O3/c1-4-5-6-7-8-9-10-13-16-19-22-31-24-26(36)21-18-15-12-11-14-17-20-23-35-29(37)27-28(32-25-33(27)2)34(3)30(35)38/h25-27,31,36H,4-24H2,1-3H3/q+1. The predicted molar refractivity (Wildman–Crippen MR) is 156 cm³/mol. The number of aliphatic hydroxyl groups is 1. The van der Waals surface area contributed by atoms with Crippen LogP contribution in [0.4, 0.5) is 4.79 Å². The fourth-order valence-corrected chi connectivity index (χ4v) is 5.39. The van der Waals surface area contributed by atoms with E-state index >= 15 is 0 Å². The third-order valence-electron chi connectivity index (χ3n) is 7.89. The molecule has 1 saturated heterocycles. The van der Waals surface area contributed by atoms with Gasteiger partial charge in [-0.25, -0.2) is 9.37 Å². The Kier molecular flexibility index (Phi) is 16.5. The van der Waals surface area contributed by atoms with Crippen molar-refractivity contribution in [1.82, 2.24) is 15.1 Å². The van der Waals surface area contributed by atoms with Crippen LogP contribution in [0.2, 0.25) is 0 Å². The van der Waals surface area contributed by atoms with Crippen LogP contribution in [0, 0.1) is 0 Å². The van der Waals surface area contributed by atoms with Crippen molar-refractivity contribution in [2.24, 2.45) is 4.99 Å². The third kappa shape index (κ3) is 11.5. The lowest BCUT2D eigenvalue weighted by Crippen LogP contribution is -2.62. The van der Waals surface area contributed by atoms with Crippen molar-refractivity contribution in [3.8, 4) is 0 Å². The van der Waals surface area contributed by atoms with Crippen LogP contribution in [0.1, 0.15) is 122 Å². The van der Waals surface area contributed by atoms with Gasteiger partial charge in [0.25, 0.3) is 24.1 Å². The third-order valence-corrected chi connectivity index (χ3v) is 7.89. The number of amides is 3. The lowest BCUT2D eigenvalue weighted by Gasteiger charge is -2.32. The summed E-state index contributed by atoms with van der Waals surface area (Å²) >= 11 is 0. The highest BCUT2D eigenvalue weighted by atomic mass is 16.3. The molecule has 0 spiro atoms. The van der Waals surface area contributed by atoms with Crippen molar-refractivity contribution < 1.29 is 19.3 Å². The molecular weight excluding hydrogens is 478 g/mol. The maximum Gasteiger partial charge on any atom is 0.333 e. The number of carbonyl (C=O) groups excluding carboxylic acids is 2. The van der Waals surface area contributed by atoms with Gasteiger partial charge in [0, 0.05) is 20.1 Å². The van der Waals surface area contributed by atoms with E-state index in [1.165, 1.54) is 80.4 Å². The molecule has 38 heavy (non-hydrogen) atoms. The zero-order chi connectivity index (χ0) is 27.6. The lowest BCUT2D eigenvalue weighted by molar-refractivity contribution is -0.500. The molecule has 1 fully saturated rings. The SMILES string of the molecule is CCCCCCCCCCCCNCC(O)CCCCCCCCCN1C(=O)C2C(=NC=[N+]2C)N(C)C1=O. The first-order valence-corrected chi connectivity index (χ1v) is 15.6. The molecule has 0 aromatic carbocycles. The maximum atomic E-state index is 12.8. The molecule has 2 N–H and O–H groups in total. The average Bonchev–Trinajstić information content (AvgIpc) is 3.30. The van der Waals surface area contributed by atoms with Crippen LogP contribution >= 0.6 is 0 Å². The molecule has 2 aliphatic rings. The summed E-state index contributed by atoms with van der Waals surface area (Å²) in [5, 5.41) is 13.6. The van der Waals surface area contributed by atoms with E-state index in [1.807, 2.05) is 7.05 Å². The summed E-state index contributed by atoms with van der Waals surface area (Å²) in [5.41, 5.74) is 0. The first-order chi connectivity index (χ1) is 18.5. The van der Waals surface area contributed by atoms with Gasteiger partial charge >= 0.3 is 6.03 Å². The molecule has 0 aliphatic carbocycles. The summed E-state index contributed by atoms with van der Waals surface area (Å²) in [4.78, 5) is 32.4. The van der Waals surface area contributed by atoms with E-state index < -0.39 is 6.04 Å². The molecule has 2 aliphatic heterocycles. The second kappa shape index (κ2) is 19.3. The van der Waals surface area contributed by atoms with Crippen LogP contribution in [-0.2, 0) is 4.79 Å². The van der Waals surface area contributed by atoms with Gasteiger partial charge in [-0.3, -0.25) is 14.6 Å². The smallest absolute Gasteiger partial charge is 0.333 e. The number of nitrogens with one attached hydrogen (secondary N) is 1. The molecular formula is C30H56N5O3+. The Labute approximate surface area is 231 Å². The fraction of sp³-hybridized carbons (Fsp3) is 0.867. The van der Waals surface area contributed by atoms with Crippen molar-refractivity contribution >= 4 is 24.1 Å². The van der Waals surface area contributed by atoms with Gasteiger partial charge < -0.3 is 10.4 Å². The average molecular weight is 535 g/mol. The summed E-state index contributed by atoms with van der Waals surface area (Å²) < 4.78 is 1.76. The lowest BCUT2D eigenvalue weighted by atomic mass is 10.1. The number of unbranched alkanes of at least 4 members (excludes halogenated alkanes) is 15. The minimum atomic E-state index is -0.469. The Balaban J connectivity index is 1.36. The molecule has 2 heterocycles. The Morgan fingerprint density at radius 1 is 0.895 bits per heavy atom. The minimum absolute atomic E-state index is 0.167. The quantitative estimate of drug-likeness (QED) is 0.137. The van der Waals surface area contributed by atoms with Crippen LogP contribution < -0.4 is 5.32 Å². The number of carbonyl (C=O) groups is 2. The zero-order valence-electron chi connectivity index (χ0n) is 24.6. The molecule has 0 bridgehead atoms. The number of aliphatic hydroxyl groups excluding tert-OH is 1. The molecule has 3 amide bonds. The number of rotatable bonds is 23. The molecule has 0 aromatic rings. The van der Waals surface area contributed by atoms with Gasteiger partial charge in [0.15, 0.2) is 0 Å². The normalized spacial score (nSPS) is 18.2. The summed E-state index contributed by atoms with van der Waals surface area (Å²) in [7, 11) is 3.50. The number of fused-ring (bicyclic) bond motifs is 1. The zero-order valence-corrected chi connectivity index (χ0v) is 24.6. The fourth-order valence-electron chi connectivity index (χ4n) is 5.39. The van der Waals surface area contributed by atoms with Gasteiger partial charge in [0.1, 0.15) is 0 Å². The largest absolute Gasteiger partial charge is 0.392 e. The number of nitrogens with zero attached hydrogens (tertiary/aromatic N) is 4. The molecule has 218 valence electrons. The summed E-state index contributed by atoms with van der Waals surface area (Å²) in [6.07, 6.45) is 23.3. The Bertz CT molecular complexity index is 754. The summed E-state index contributed by atoms with van der Waals surface area (Å²) in [5.74, 6) is 0.355. The summed E-state index contributed by atoms with van der Waals surface area (Å²) in [6, 6.07) is -0.742. The number of aliphatic imine (C=N–C) groups is 1. The van der Waals surface area contributed by atoms with Gasteiger partial charge in [0.05, 0.1) is 13.2 Å². The first-order valence-electron chi connectivity index (χ1n) is 15.6. The predicted octanol–water partition coefficient (Wildman–Crippen LogP) is 5.32. The minimum Gasteiger partial charge on any atom is -0.392 e. The topological polar surface area (TPSA) is 88.2 Å². The van der Waals surface area contributed by atoms with Crippen molar-refractivity contribution in [1.29, 1.82) is 0 Å². The van der Waals surface area contributed by atoms with Crippen LogP contribution in [0.5, 0.6) is 0 Å². The number of amidine groups is 1. The van der Waals surface area contributed by atoms with Crippen LogP contribution in [0.15, 0.2) is 4.99 Å². The van der Waals surface area contributed by atoms with Crippen molar-refractivity contribution in [2.75, 3.05) is 33.7 Å². The molecule has 2 atom stereocenters. The summed E-state index contributed by atoms with van der Waals surface area (Å²) in [6.45, 7) is 4.47. The van der Waals surface area contributed by atoms with Gasteiger partial charge in [0.2, 0.25) is 0 Å². The van der Waals surface area contributed by atoms with Gasteiger partial charge in [-0.2, -0.15) is 0 Å². The second-order valence-corrected chi connectivity index (χ2v) is 11.3. The first kappa shape index (κ1) is 32.4. The Morgan fingerprint density at radius 2 is 1.45 bits per heavy atom. The van der Waals surface area contributed by atoms with E-state index in [1.54, 1.807) is 18.0 Å². The van der Waals surface area contributed by atoms with Crippen molar-refractivity contribution in [3.05, 3.63) is 0 Å². The van der Waals surface area contributed by atoms with Gasteiger partial charge in [-0.15, -0.1) is 0 Å². The van der Waals surface area contributed by atoms with E-state index in [9.17, 15) is 14.7 Å². The number of imide groups is 1. The van der Waals surface area contributed by atoms with Crippen LogP contribution in [0.3, 0.4) is 0 Å². The van der Waals surface area contributed by atoms with Gasteiger partial charge in [-0.1, -0.05) is 103 Å². The van der Waals surface area contributed by atoms with Crippen LogP contribution in [0.25, 0.3) is 0 Å². The molecule has 0 aromatic heterocycles. The van der Waals surface area contributed by atoms with Crippen molar-refractivity contribution in [3.63, 3.8) is 0 Å². The highest BCUT2D eigenvalue weighted by molar-refractivity contribution is 6.21. The van der Waals surface area contributed by atoms with Gasteiger partial charge in [-0.05, 0) is 30.8 Å². The molecule has 2 rings (SSSR count). The Hall–Kier alpha value is -1.80. The molecule has 8 nitrogen and oxygen atoms in total. The number of hydrogen-bond acceptors (Lipinski definition) is 5. The van der Waals surface area contributed by atoms with Crippen LogP contribution in [-0.4, -0.2) is 89.5 Å².